The summed E-state index contributed by atoms with van der Waals surface area (Å²) >= 11 is 0. The average molecular weight is 393 g/mol. The monoisotopic (exact) mass is 392 g/mol. The van der Waals surface area contributed by atoms with E-state index in [1.54, 1.807) is 0 Å². The summed E-state index contributed by atoms with van der Waals surface area (Å²) in [6.07, 6.45) is 9.26. The van der Waals surface area contributed by atoms with Crippen molar-refractivity contribution in [2.45, 2.75) is 97.2 Å². The lowest BCUT2D eigenvalue weighted by atomic mass is 9.43. The summed E-state index contributed by atoms with van der Waals surface area (Å²) in [5.74, 6) is 2.55. The normalized spacial score (nSPS) is 51.7. The van der Waals surface area contributed by atoms with Crippen LogP contribution in [0.3, 0.4) is 0 Å². The molecule has 0 saturated heterocycles. The summed E-state index contributed by atoms with van der Waals surface area (Å²) in [6, 6.07) is 0. The molecule has 4 aliphatic carbocycles. The molecule has 4 nitrogen and oxygen atoms in total. The molecule has 0 aromatic heterocycles. The zero-order valence-electron chi connectivity index (χ0n) is 17.9. The van der Waals surface area contributed by atoms with Crippen LogP contribution < -0.4 is 0 Å². The molecule has 0 aromatic carbocycles. The molecule has 0 bridgehead atoms. The van der Waals surface area contributed by atoms with Gasteiger partial charge in [-0.3, -0.25) is 4.79 Å². The third kappa shape index (κ3) is 3.05. The Bertz CT molecular complexity index is 605. The maximum Gasteiger partial charge on any atom is 0.303 e. The minimum atomic E-state index is -0.707. The molecule has 160 valence electrons. The second kappa shape index (κ2) is 7.27. The van der Waals surface area contributed by atoms with Crippen LogP contribution >= 0.6 is 0 Å². The van der Waals surface area contributed by atoms with E-state index in [4.69, 9.17) is 5.11 Å². The van der Waals surface area contributed by atoms with Crippen molar-refractivity contribution >= 4 is 5.97 Å². The Labute approximate surface area is 170 Å². The van der Waals surface area contributed by atoms with E-state index < -0.39 is 5.97 Å². The summed E-state index contributed by atoms with van der Waals surface area (Å²) in [5, 5.41) is 30.8. The van der Waals surface area contributed by atoms with Crippen molar-refractivity contribution in [1.29, 1.82) is 0 Å². The number of carbonyl (C=O) groups is 1. The molecule has 28 heavy (non-hydrogen) atoms. The zero-order valence-corrected chi connectivity index (χ0v) is 17.9. The van der Waals surface area contributed by atoms with Gasteiger partial charge in [0.25, 0.3) is 0 Å². The molecular weight excluding hydrogens is 352 g/mol. The first-order chi connectivity index (χ1) is 13.2. The lowest BCUT2D eigenvalue weighted by molar-refractivity contribution is -0.175. The van der Waals surface area contributed by atoms with Crippen molar-refractivity contribution < 1.29 is 20.1 Å². The Kier molecular flexibility index (Phi) is 5.36. The number of aliphatic hydroxyl groups is 2. The van der Waals surface area contributed by atoms with Crippen molar-refractivity contribution in [2.24, 2.45) is 46.3 Å². The van der Waals surface area contributed by atoms with Crippen LogP contribution in [0, 0.1) is 46.3 Å². The van der Waals surface area contributed by atoms with Gasteiger partial charge in [-0.15, -0.1) is 0 Å². The van der Waals surface area contributed by atoms with Crippen molar-refractivity contribution in [3.63, 3.8) is 0 Å². The molecule has 0 aliphatic heterocycles. The first kappa shape index (κ1) is 20.7. The maximum absolute atomic E-state index is 11.5. The van der Waals surface area contributed by atoms with E-state index in [0.29, 0.717) is 35.5 Å². The second-order valence-corrected chi connectivity index (χ2v) is 11.3. The topological polar surface area (TPSA) is 77.8 Å². The van der Waals surface area contributed by atoms with E-state index >= 15 is 0 Å². The predicted octanol–water partition coefficient (Wildman–Crippen LogP) is 4.48. The minimum absolute atomic E-state index is 0.0591. The number of carboxylic acid groups (broad SMARTS) is 1. The van der Waals surface area contributed by atoms with E-state index in [-0.39, 0.29) is 29.5 Å². The van der Waals surface area contributed by atoms with E-state index in [0.717, 1.165) is 38.5 Å². The summed E-state index contributed by atoms with van der Waals surface area (Å²) in [7, 11) is 0. The molecule has 0 radical (unpaired) electrons. The number of fused-ring (bicyclic) bond motifs is 5. The Morgan fingerprint density at radius 2 is 1.79 bits per heavy atom. The molecule has 4 aliphatic rings. The first-order valence-electron chi connectivity index (χ1n) is 11.8. The van der Waals surface area contributed by atoms with Crippen molar-refractivity contribution in [1.82, 2.24) is 0 Å². The Balaban J connectivity index is 1.56. The number of hydrogen-bond acceptors (Lipinski definition) is 3. The molecule has 10 atom stereocenters. The van der Waals surface area contributed by atoms with E-state index in [1.807, 2.05) is 0 Å². The van der Waals surface area contributed by atoms with Gasteiger partial charge in [-0.25, -0.2) is 0 Å². The van der Waals surface area contributed by atoms with Gasteiger partial charge in [0.2, 0.25) is 0 Å². The smallest absolute Gasteiger partial charge is 0.303 e. The highest BCUT2D eigenvalue weighted by Crippen LogP contribution is 2.68. The zero-order chi connectivity index (χ0) is 20.3. The minimum Gasteiger partial charge on any atom is -0.481 e. The molecular formula is C24H40O4. The third-order valence-corrected chi connectivity index (χ3v) is 10.3. The number of aliphatic carboxylic acids is 1. The van der Waals surface area contributed by atoms with Crippen LogP contribution in [0.15, 0.2) is 0 Å². The molecule has 0 aromatic rings. The fourth-order valence-corrected chi connectivity index (χ4v) is 8.71. The van der Waals surface area contributed by atoms with Gasteiger partial charge in [-0.1, -0.05) is 20.8 Å². The van der Waals surface area contributed by atoms with Crippen LogP contribution in [0.2, 0.25) is 0 Å². The van der Waals surface area contributed by atoms with Gasteiger partial charge in [-0.05, 0) is 104 Å². The van der Waals surface area contributed by atoms with Crippen molar-refractivity contribution in [3.8, 4) is 0 Å². The van der Waals surface area contributed by atoms with Gasteiger partial charge in [0, 0.05) is 6.42 Å². The van der Waals surface area contributed by atoms with Gasteiger partial charge in [0.1, 0.15) is 0 Å². The Hall–Kier alpha value is -0.610. The van der Waals surface area contributed by atoms with Crippen LogP contribution in [-0.4, -0.2) is 33.5 Å². The quantitative estimate of drug-likeness (QED) is 0.659. The van der Waals surface area contributed by atoms with Gasteiger partial charge in [-0.2, -0.15) is 0 Å². The van der Waals surface area contributed by atoms with E-state index in [9.17, 15) is 15.0 Å². The molecule has 4 fully saturated rings. The van der Waals surface area contributed by atoms with Gasteiger partial charge < -0.3 is 15.3 Å². The van der Waals surface area contributed by atoms with Crippen LogP contribution in [0.5, 0.6) is 0 Å². The standard InChI is InChI=1S/C24H40O4/c1-14(4-9-22(27)28)18-7-8-19-17-6-5-15-12-16(25)10-11-23(15,2)20(17)13-21(26)24(18,19)3/h14-21,25-26H,4-13H2,1-3H3,(H,27,28)/t14?,15?,16?,17?,18?,19?,20?,21?,23-,24+/m0/s1. The number of carboxylic acids is 1. The highest BCUT2D eigenvalue weighted by molar-refractivity contribution is 5.66. The largest absolute Gasteiger partial charge is 0.481 e. The molecule has 0 heterocycles. The summed E-state index contributed by atoms with van der Waals surface area (Å²) in [5.41, 5.74) is 0.216. The molecule has 8 unspecified atom stereocenters. The summed E-state index contributed by atoms with van der Waals surface area (Å²) in [6.45, 7) is 6.99. The molecule has 0 amide bonds. The van der Waals surface area contributed by atoms with Gasteiger partial charge in [0.05, 0.1) is 12.2 Å². The van der Waals surface area contributed by atoms with Crippen LogP contribution in [0.25, 0.3) is 0 Å². The fraction of sp³-hybridized carbons (Fsp3) is 0.958. The Morgan fingerprint density at radius 3 is 2.50 bits per heavy atom. The van der Waals surface area contributed by atoms with Gasteiger partial charge in [0.15, 0.2) is 0 Å². The summed E-state index contributed by atoms with van der Waals surface area (Å²) in [4.78, 5) is 11.1. The molecule has 0 spiro atoms. The molecule has 4 rings (SSSR count). The highest BCUT2D eigenvalue weighted by atomic mass is 16.4. The van der Waals surface area contributed by atoms with Crippen LogP contribution in [-0.2, 0) is 4.79 Å². The summed E-state index contributed by atoms with van der Waals surface area (Å²) < 4.78 is 0. The fourth-order valence-electron chi connectivity index (χ4n) is 8.71. The maximum atomic E-state index is 11.5. The first-order valence-corrected chi connectivity index (χ1v) is 11.8. The van der Waals surface area contributed by atoms with E-state index in [1.165, 1.54) is 19.3 Å². The number of rotatable bonds is 4. The van der Waals surface area contributed by atoms with Crippen LogP contribution in [0.4, 0.5) is 0 Å². The highest BCUT2D eigenvalue weighted by Gasteiger charge is 2.63. The number of aliphatic hydroxyl groups excluding tert-OH is 2. The molecule has 4 saturated carbocycles. The lowest BCUT2D eigenvalue weighted by Gasteiger charge is -2.62. The van der Waals surface area contributed by atoms with E-state index in [2.05, 4.69) is 20.8 Å². The third-order valence-electron chi connectivity index (χ3n) is 10.3. The number of hydrogen-bond donors (Lipinski definition) is 3. The lowest BCUT2D eigenvalue weighted by Crippen LogP contribution is -2.58. The van der Waals surface area contributed by atoms with Gasteiger partial charge >= 0.3 is 5.97 Å². The second-order valence-electron chi connectivity index (χ2n) is 11.3. The molecule has 4 heteroatoms. The van der Waals surface area contributed by atoms with Crippen molar-refractivity contribution in [2.75, 3.05) is 0 Å². The molecule has 3 N–H and O–H groups in total. The predicted molar refractivity (Wildman–Crippen MR) is 109 cm³/mol. The van der Waals surface area contributed by atoms with Crippen molar-refractivity contribution in [3.05, 3.63) is 0 Å². The Morgan fingerprint density at radius 1 is 1.04 bits per heavy atom. The average Bonchev–Trinajstić information content (AvgIpc) is 3.00. The SMILES string of the molecule is CC(CCC(=O)O)C1CCC2C3CCC4CC(O)CC[C@]4(C)C3CC(O)[C@]12C. The van der Waals surface area contributed by atoms with Crippen LogP contribution in [0.1, 0.15) is 85.0 Å².